The van der Waals surface area contributed by atoms with Gasteiger partial charge in [-0.3, -0.25) is 20.2 Å². The lowest BCUT2D eigenvalue weighted by Crippen LogP contribution is -2.28. The normalized spacial score (nSPS) is 9.35. The van der Waals surface area contributed by atoms with Crippen molar-refractivity contribution in [1.82, 2.24) is 10.6 Å². The number of hydrogen-bond acceptors (Lipinski definition) is 8. The molecular formula is C24H36N2O8. The van der Waals surface area contributed by atoms with E-state index in [9.17, 15) is 19.2 Å². The summed E-state index contributed by atoms with van der Waals surface area (Å²) < 4.78 is 19.5. The number of hydrogen-bond donors (Lipinski definition) is 2. The minimum absolute atomic E-state index is 0.190. The van der Waals surface area contributed by atoms with Crippen LogP contribution in [0.2, 0.25) is 0 Å². The summed E-state index contributed by atoms with van der Waals surface area (Å²) in [5.41, 5.74) is 0. The summed E-state index contributed by atoms with van der Waals surface area (Å²) in [6.45, 7) is 3.91. The number of amides is 2. The van der Waals surface area contributed by atoms with Gasteiger partial charge in [0.1, 0.15) is 0 Å². The number of carbonyl (C=O) groups is 4. The van der Waals surface area contributed by atoms with Gasteiger partial charge in [-0.2, -0.15) is 0 Å². The third-order valence-electron chi connectivity index (χ3n) is 3.97. The van der Waals surface area contributed by atoms with E-state index in [-0.39, 0.29) is 38.6 Å². The molecule has 0 bridgehead atoms. The second-order valence-electron chi connectivity index (χ2n) is 6.96. The predicted octanol–water partition coefficient (Wildman–Crippen LogP) is 3.39. The van der Waals surface area contributed by atoms with Gasteiger partial charge in [0.25, 0.3) is 0 Å². The van der Waals surface area contributed by atoms with Gasteiger partial charge in [0.15, 0.2) is 13.5 Å². The standard InChI is InChI=1S/C24H36N2O8/c1-3-5-15-21(27)33-19-25-23(29)31-17-13-11-9-7-8-10-12-14-18-32-24(30)26-20-34-22(28)16-6-4-2/h3-6,11-20H2,1-2H3,(H,25,29)(H,26,30). The van der Waals surface area contributed by atoms with Gasteiger partial charge in [-0.05, 0) is 37.5 Å². The molecule has 0 aliphatic carbocycles. The second-order valence-corrected chi connectivity index (χ2v) is 6.96. The highest BCUT2D eigenvalue weighted by Gasteiger charge is 2.05. The molecule has 0 aliphatic heterocycles. The Kier molecular flexibility index (Phi) is 20.5. The SMILES string of the molecule is CCCCC(=O)OCNC(=O)OCCCC#CC#CCCCOC(=O)NCOC(=O)CCCC. The first-order valence-electron chi connectivity index (χ1n) is 11.6. The lowest BCUT2D eigenvalue weighted by atomic mass is 10.3. The van der Waals surface area contributed by atoms with E-state index in [0.717, 1.165) is 25.7 Å². The van der Waals surface area contributed by atoms with Crippen LogP contribution in [-0.2, 0) is 28.5 Å². The van der Waals surface area contributed by atoms with Crippen LogP contribution >= 0.6 is 0 Å². The van der Waals surface area contributed by atoms with Crippen molar-refractivity contribution in [2.24, 2.45) is 0 Å². The number of ether oxygens (including phenoxy) is 4. The number of carbonyl (C=O) groups excluding carboxylic acids is 4. The molecule has 0 saturated carbocycles. The third-order valence-corrected chi connectivity index (χ3v) is 3.97. The van der Waals surface area contributed by atoms with Gasteiger partial charge in [0.2, 0.25) is 0 Å². The Hall–Kier alpha value is -3.40. The molecule has 10 heteroatoms. The summed E-state index contributed by atoms with van der Waals surface area (Å²) in [7, 11) is 0. The smallest absolute Gasteiger partial charge is 0.409 e. The number of alkyl carbamates (subject to hydrolysis) is 2. The molecule has 10 nitrogen and oxygen atoms in total. The van der Waals surface area contributed by atoms with E-state index < -0.39 is 12.2 Å². The van der Waals surface area contributed by atoms with Crippen LogP contribution < -0.4 is 10.6 Å². The van der Waals surface area contributed by atoms with E-state index in [0.29, 0.717) is 38.5 Å². The van der Waals surface area contributed by atoms with Crippen LogP contribution in [0.5, 0.6) is 0 Å². The second kappa shape index (κ2) is 22.8. The molecule has 0 aromatic heterocycles. The summed E-state index contributed by atoms with van der Waals surface area (Å²) in [6.07, 6.45) is 4.79. The summed E-state index contributed by atoms with van der Waals surface area (Å²) >= 11 is 0. The van der Waals surface area contributed by atoms with Gasteiger partial charge in [0.05, 0.1) is 13.2 Å². The maximum atomic E-state index is 11.4. The third kappa shape index (κ3) is 21.8. The van der Waals surface area contributed by atoms with Gasteiger partial charge in [-0.1, -0.05) is 38.5 Å². The van der Waals surface area contributed by atoms with E-state index in [1.807, 2.05) is 13.8 Å². The van der Waals surface area contributed by atoms with E-state index in [4.69, 9.17) is 18.9 Å². The molecule has 0 atom stereocenters. The van der Waals surface area contributed by atoms with Crippen LogP contribution in [0.1, 0.15) is 78.1 Å². The molecule has 0 rings (SSSR count). The van der Waals surface area contributed by atoms with Gasteiger partial charge in [-0.15, -0.1) is 0 Å². The summed E-state index contributed by atoms with van der Waals surface area (Å²) in [6, 6.07) is 0. The number of rotatable bonds is 16. The van der Waals surface area contributed by atoms with Gasteiger partial charge in [0, 0.05) is 25.7 Å². The Morgan fingerprint density at radius 2 is 1.03 bits per heavy atom. The van der Waals surface area contributed by atoms with Crippen molar-refractivity contribution in [3.8, 4) is 23.7 Å². The molecule has 2 amide bonds. The van der Waals surface area contributed by atoms with Crippen LogP contribution in [0.3, 0.4) is 0 Å². The molecule has 0 radical (unpaired) electrons. The Bertz CT molecular complexity index is 669. The summed E-state index contributed by atoms with van der Waals surface area (Å²) in [5.74, 6) is 10.4. The highest BCUT2D eigenvalue weighted by Crippen LogP contribution is 1.97. The molecule has 0 fully saturated rings. The molecule has 0 aromatic rings. The van der Waals surface area contributed by atoms with E-state index in [1.165, 1.54) is 0 Å². The van der Waals surface area contributed by atoms with E-state index >= 15 is 0 Å². The maximum Gasteiger partial charge on any atom is 0.409 e. The van der Waals surface area contributed by atoms with Gasteiger partial charge in [-0.25, -0.2) is 9.59 Å². The molecule has 0 spiro atoms. The molecule has 0 aromatic carbocycles. The molecule has 0 unspecified atom stereocenters. The molecular weight excluding hydrogens is 444 g/mol. The molecule has 0 heterocycles. The zero-order valence-electron chi connectivity index (χ0n) is 20.2. The minimum Gasteiger partial charge on any atom is -0.449 e. The van der Waals surface area contributed by atoms with E-state index in [2.05, 4.69) is 34.3 Å². The van der Waals surface area contributed by atoms with Crippen LogP contribution in [0, 0.1) is 23.7 Å². The molecule has 2 N–H and O–H groups in total. The van der Waals surface area contributed by atoms with Crippen molar-refractivity contribution >= 4 is 24.1 Å². The molecule has 0 saturated heterocycles. The lowest BCUT2D eigenvalue weighted by Gasteiger charge is -2.07. The maximum absolute atomic E-state index is 11.4. The number of esters is 2. The topological polar surface area (TPSA) is 129 Å². The largest absolute Gasteiger partial charge is 0.449 e. The van der Waals surface area contributed by atoms with Gasteiger partial charge >= 0.3 is 24.1 Å². The van der Waals surface area contributed by atoms with Crippen molar-refractivity contribution in [2.45, 2.75) is 78.1 Å². The highest BCUT2D eigenvalue weighted by molar-refractivity contribution is 5.71. The Labute approximate surface area is 201 Å². The van der Waals surface area contributed by atoms with Gasteiger partial charge < -0.3 is 18.9 Å². The number of unbranched alkanes of at least 4 members (excludes halogenated alkanes) is 4. The Morgan fingerprint density at radius 3 is 1.41 bits per heavy atom. The highest BCUT2D eigenvalue weighted by atomic mass is 16.6. The zero-order valence-corrected chi connectivity index (χ0v) is 20.2. The van der Waals surface area contributed by atoms with Crippen LogP contribution in [0.25, 0.3) is 0 Å². The monoisotopic (exact) mass is 480 g/mol. The quantitative estimate of drug-likeness (QED) is 0.113. The average molecular weight is 481 g/mol. The van der Waals surface area contributed by atoms with Crippen molar-refractivity contribution < 1.29 is 38.1 Å². The first-order valence-corrected chi connectivity index (χ1v) is 11.6. The first-order chi connectivity index (χ1) is 16.5. The fourth-order valence-electron chi connectivity index (χ4n) is 2.10. The van der Waals surface area contributed by atoms with Crippen molar-refractivity contribution in [1.29, 1.82) is 0 Å². The molecule has 190 valence electrons. The minimum atomic E-state index is -0.653. The molecule has 34 heavy (non-hydrogen) atoms. The average Bonchev–Trinajstić information content (AvgIpc) is 2.82. The number of nitrogens with one attached hydrogen (secondary N) is 2. The predicted molar refractivity (Wildman–Crippen MR) is 124 cm³/mol. The Morgan fingerprint density at radius 1 is 0.618 bits per heavy atom. The van der Waals surface area contributed by atoms with Crippen molar-refractivity contribution in [2.75, 3.05) is 26.7 Å². The zero-order chi connectivity index (χ0) is 25.3. The summed E-state index contributed by atoms with van der Waals surface area (Å²) in [4.78, 5) is 45.4. The van der Waals surface area contributed by atoms with Crippen molar-refractivity contribution in [3.05, 3.63) is 0 Å². The summed E-state index contributed by atoms with van der Waals surface area (Å²) in [5, 5.41) is 4.67. The fraction of sp³-hybridized carbons (Fsp3) is 0.667. The van der Waals surface area contributed by atoms with Crippen LogP contribution in [0.4, 0.5) is 9.59 Å². The first kappa shape index (κ1) is 30.6. The lowest BCUT2D eigenvalue weighted by molar-refractivity contribution is -0.145. The van der Waals surface area contributed by atoms with Crippen LogP contribution in [0.15, 0.2) is 0 Å². The van der Waals surface area contributed by atoms with Crippen molar-refractivity contribution in [3.63, 3.8) is 0 Å². The van der Waals surface area contributed by atoms with Crippen LogP contribution in [-0.4, -0.2) is 50.8 Å². The Balaban J connectivity index is 3.60. The van der Waals surface area contributed by atoms with E-state index in [1.54, 1.807) is 0 Å². The fourth-order valence-corrected chi connectivity index (χ4v) is 2.10. The molecule has 0 aliphatic rings.